The summed E-state index contributed by atoms with van der Waals surface area (Å²) >= 11 is 0. The van der Waals surface area contributed by atoms with Gasteiger partial charge in [-0.1, -0.05) is 5.16 Å². The zero-order chi connectivity index (χ0) is 14.2. The standard InChI is InChI=1S/C15H19N5O/c1-10-18-14(19-21-10)11-4-3-7-20(8-11)15-12-5-2-6-13(12)16-9-17-15/h9,11H,2-8H2,1H3/t11-/m0/s1. The number of rotatable bonds is 2. The lowest BCUT2D eigenvalue weighted by molar-refractivity contribution is 0.376. The summed E-state index contributed by atoms with van der Waals surface area (Å²) in [4.78, 5) is 15.8. The van der Waals surface area contributed by atoms with E-state index in [2.05, 4.69) is 25.0 Å². The molecule has 6 heteroatoms. The third-order valence-electron chi connectivity index (χ3n) is 4.48. The Bertz CT molecular complexity index is 653. The lowest BCUT2D eigenvalue weighted by Crippen LogP contribution is -2.36. The van der Waals surface area contributed by atoms with Gasteiger partial charge in [-0.2, -0.15) is 4.98 Å². The molecule has 0 unspecified atom stereocenters. The van der Waals surface area contributed by atoms with Crippen LogP contribution in [0.25, 0.3) is 0 Å². The summed E-state index contributed by atoms with van der Waals surface area (Å²) in [6.07, 6.45) is 7.35. The van der Waals surface area contributed by atoms with E-state index in [1.165, 1.54) is 17.7 Å². The van der Waals surface area contributed by atoms with E-state index < -0.39 is 0 Å². The molecule has 0 N–H and O–H groups in total. The smallest absolute Gasteiger partial charge is 0.223 e. The summed E-state index contributed by atoms with van der Waals surface area (Å²) in [5.41, 5.74) is 2.58. The molecule has 0 aromatic carbocycles. The largest absolute Gasteiger partial charge is 0.356 e. The fourth-order valence-corrected chi connectivity index (χ4v) is 3.48. The average molecular weight is 285 g/mol. The number of aryl methyl sites for hydroxylation is 2. The molecule has 1 fully saturated rings. The summed E-state index contributed by atoms with van der Waals surface area (Å²) in [6, 6.07) is 0. The number of hydrogen-bond donors (Lipinski definition) is 0. The predicted molar refractivity (Wildman–Crippen MR) is 77.3 cm³/mol. The van der Waals surface area contributed by atoms with E-state index in [9.17, 15) is 0 Å². The van der Waals surface area contributed by atoms with Gasteiger partial charge in [-0.25, -0.2) is 9.97 Å². The molecule has 0 spiro atoms. The van der Waals surface area contributed by atoms with Crippen molar-refractivity contribution in [3.63, 3.8) is 0 Å². The molecule has 3 heterocycles. The summed E-state index contributed by atoms with van der Waals surface area (Å²) in [5, 5.41) is 4.09. The van der Waals surface area contributed by atoms with Crippen LogP contribution in [0.1, 0.15) is 48.2 Å². The first-order chi connectivity index (χ1) is 10.3. The van der Waals surface area contributed by atoms with Gasteiger partial charge in [-0.15, -0.1) is 0 Å². The monoisotopic (exact) mass is 285 g/mol. The molecule has 2 aromatic heterocycles. The van der Waals surface area contributed by atoms with E-state index in [4.69, 9.17) is 4.52 Å². The Morgan fingerprint density at radius 3 is 3.05 bits per heavy atom. The Balaban J connectivity index is 1.60. The van der Waals surface area contributed by atoms with Gasteiger partial charge in [-0.05, 0) is 32.1 Å². The first-order valence-electron chi connectivity index (χ1n) is 7.69. The fraction of sp³-hybridized carbons (Fsp3) is 0.600. The highest BCUT2D eigenvalue weighted by molar-refractivity contribution is 5.51. The Hall–Kier alpha value is -1.98. The molecule has 0 radical (unpaired) electrons. The van der Waals surface area contributed by atoms with Gasteiger partial charge >= 0.3 is 0 Å². The van der Waals surface area contributed by atoms with Crippen LogP contribution in [0.3, 0.4) is 0 Å². The molecule has 1 atom stereocenters. The second kappa shape index (κ2) is 5.09. The molecule has 2 aliphatic rings. The van der Waals surface area contributed by atoms with Crippen LogP contribution in [0.4, 0.5) is 5.82 Å². The molecule has 6 nitrogen and oxygen atoms in total. The maximum absolute atomic E-state index is 5.13. The van der Waals surface area contributed by atoms with E-state index in [1.54, 1.807) is 6.33 Å². The molecule has 1 aliphatic heterocycles. The van der Waals surface area contributed by atoms with Crippen molar-refractivity contribution in [3.8, 4) is 0 Å². The van der Waals surface area contributed by atoms with Crippen LogP contribution in [0.2, 0.25) is 0 Å². The summed E-state index contributed by atoms with van der Waals surface area (Å²) in [6.45, 7) is 3.81. The first kappa shape index (κ1) is 12.7. The van der Waals surface area contributed by atoms with Crippen molar-refractivity contribution in [2.75, 3.05) is 18.0 Å². The maximum atomic E-state index is 5.13. The number of aromatic nitrogens is 4. The fourth-order valence-electron chi connectivity index (χ4n) is 3.48. The van der Waals surface area contributed by atoms with Crippen molar-refractivity contribution < 1.29 is 4.52 Å². The van der Waals surface area contributed by atoms with E-state index in [-0.39, 0.29) is 0 Å². The van der Waals surface area contributed by atoms with E-state index >= 15 is 0 Å². The van der Waals surface area contributed by atoms with Crippen molar-refractivity contribution in [2.24, 2.45) is 0 Å². The topological polar surface area (TPSA) is 67.9 Å². The van der Waals surface area contributed by atoms with E-state index in [0.717, 1.165) is 50.4 Å². The van der Waals surface area contributed by atoms with Crippen LogP contribution >= 0.6 is 0 Å². The molecule has 21 heavy (non-hydrogen) atoms. The first-order valence-corrected chi connectivity index (χ1v) is 7.69. The molecule has 0 amide bonds. The number of nitrogens with zero attached hydrogens (tertiary/aromatic N) is 5. The quantitative estimate of drug-likeness (QED) is 0.841. The number of hydrogen-bond acceptors (Lipinski definition) is 6. The highest BCUT2D eigenvalue weighted by atomic mass is 16.5. The number of anilines is 1. The minimum atomic E-state index is 0.336. The minimum Gasteiger partial charge on any atom is -0.356 e. The molecule has 0 saturated carbocycles. The van der Waals surface area contributed by atoms with Gasteiger partial charge in [0.05, 0.1) is 0 Å². The Morgan fingerprint density at radius 2 is 2.19 bits per heavy atom. The molecule has 1 saturated heterocycles. The highest BCUT2D eigenvalue weighted by Crippen LogP contribution is 2.32. The Morgan fingerprint density at radius 1 is 1.24 bits per heavy atom. The van der Waals surface area contributed by atoms with Crippen LogP contribution < -0.4 is 4.90 Å². The normalized spacial score (nSPS) is 21.6. The van der Waals surface area contributed by atoms with Crippen molar-refractivity contribution in [2.45, 2.75) is 44.9 Å². The van der Waals surface area contributed by atoms with Crippen LogP contribution in [-0.4, -0.2) is 33.2 Å². The second-order valence-corrected chi connectivity index (χ2v) is 5.93. The summed E-state index contributed by atoms with van der Waals surface area (Å²) < 4.78 is 5.13. The molecule has 4 rings (SSSR count). The van der Waals surface area contributed by atoms with Crippen LogP contribution in [-0.2, 0) is 12.8 Å². The lowest BCUT2D eigenvalue weighted by atomic mass is 9.97. The van der Waals surface area contributed by atoms with Gasteiger partial charge < -0.3 is 9.42 Å². The minimum absolute atomic E-state index is 0.336. The SMILES string of the molecule is Cc1nc([C@H]2CCCN(c3ncnc4c3CCC4)C2)no1. The van der Waals surface area contributed by atoms with E-state index in [0.29, 0.717) is 11.8 Å². The van der Waals surface area contributed by atoms with Gasteiger partial charge in [0.15, 0.2) is 5.82 Å². The predicted octanol–water partition coefficient (Wildman–Crippen LogP) is 2.04. The van der Waals surface area contributed by atoms with Crippen molar-refractivity contribution in [3.05, 3.63) is 29.3 Å². The van der Waals surface area contributed by atoms with Crippen LogP contribution in [0, 0.1) is 6.92 Å². The number of piperidine rings is 1. The molecular weight excluding hydrogens is 266 g/mol. The molecule has 2 aromatic rings. The summed E-state index contributed by atoms with van der Waals surface area (Å²) in [7, 11) is 0. The zero-order valence-electron chi connectivity index (χ0n) is 12.2. The Kier molecular flexibility index (Phi) is 3.09. The van der Waals surface area contributed by atoms with Gasteiger partial charge in [0.2, 0.25) is 5.89 Å². The zero-order valence-corrected chi connectivity index (χ0v) is 12.2. The van der Waals surface area contributed by atoms with Crippen LogP contribution in [0.15, 0.2) is 10.9 Å². The average Bonchev–Trinajstić information content (AvgIpc) is 3.15. The highest BCUT2D eigenvalue weighted by Gasteiger charge is 2.28. The van der Waals surface area contributed by atoms with Crippen molar-refractivity contribution >= 4 is 5.82 Å². The van der Waals surface area contributed by atoms with Crippen LogP contribution in [0.5, 0.6) is 0 Å². The molecule has 110 valence electrons. The maximum Gasteiger partial charge on any atom is 0.223 e. The van der Waals surface area contributed by atoms with Gasteiger partial charge in [-0.3, -0.25) is 0 Å². The number of fused-ring (bicyclic) bond motifs is 1. The molecule has 1 aliphatic carbocycles. The van der Waals surface area contributed by atoms with Crippen molar-refractivity contribution in [1.82, 2.24) is 20.1 Å². The summed E-state index contributed by atoms with van der Waals surface area (Å²) in [5.74, 6) is 2.94. The second-order valence-electron chi connectivity index (χ2n) is 5.93. The Labute approximate surface area is 123 Å². The third-order valence-corrected chi connectivity index (χ3v) is 4.48. The van der Waals surface area contributed by atoms with E-state index in [1.807, 2.05) is 6.92 Å². The van der Waals surface area contributed by atoms with Gasteiger partial charge in [0, 0.05) is 37.2 Å². The molecule has 0 bridgehead atoms. The van der Waals surface area contributed by atoms with Gasteiger partial charge in [0.25, 0.3) is 0 Å². The van der Waals surface area contributed by atoms with Gasteiger partial charge in [0.1, 0.15) is 12.1 Å². The molecular formula is C15H19N5O. The lowest BCUT2D eigenvalue weighted by Gasteiger charge is -2.33. The van der Waals surface area contributed by atoms with Crippen molar-refractivity contribution in [1.29, 1.82) is 0 Å². The third kappa shape index (κ3) is 2.28.